The van der Waals surface area contributed by atoms with Crippen molar-refractivity contribution in [2.24, 2.45) is 0 Å². The van der Waals surface area contributed by atoms with Gasteiger partial charge in [0.25, 0.3) is 0 Å². The van der Waals surface area contributed by atoms with Crippen molar-refractivity contribution in [3.8, 4) is 11.5 Å². The molecule has 154 valence electrons. The summed E-state index contributed by atoms with van der Waals surface area (Å²) in [7, 11) is 0. The number of alkyl halides is 2. The Morgan fingerprint density at radius 3 is 2.45 bits per heavy atom. The Balaban J connectivity index is 1.37. The van der Waals surface area contributed by atoms with Gasteiger partial charge in [0.05, 0.1) is 18.1 Å². The first-order valence-corrected chi connectivity index (χ1v) is 9.29. The lowest BCUT2D eigenvalue weighted by Crippen LogP contribution is -2.47. The van der Waals surface area contributed by atoms with E-state index in [4.69, 9.17) is 0 Å². The molecule has 2 aliphatic heterocycles. The summed E-state index contributed by atoms with van der Waals surface area (Å²) in [5.41, 5.74) is 1.44. The number of amides is 1. The van der Waals surface area contributed by atoms with Crippen LogP contribution in [0.4, 0.5) is 20.4 Å². The summed E-state index contributed by atoms with van der Waals surface area (Å²) >= 11 is 0. The molecule has 1 atom stereocenters. The molecule has 0 spiro atoms. The van der Waals surface area contributed by atoms with Gasteiger partial charge in [-0.1, -0.05) is 6.07 Å². The van der Waals surface area contributed by atoms with E-state index in [0.29, 0.717) is 11.6 Å². The Kier molecular flexibility index (Phi) is 4.95. The van der Waals surface area contributed by atoms with E-state index in [9.17, 15) is 13.6 Å². The molecule has 0 saturated carbocycles. The third kappa shape index (κ3) is 4.21. The molecular formula is C19H21F2N5O3. The van der Waals surface area contributed by atoms with Crippen LogP contribution in [0.2, 0.25) is 0 Å². The number of rotatable bonds is 4. The average Bonchev–Trinajstić information content (AvgIpc) is 3.00. The predicted octanol–water partition coefficient (Wildman–Crippen LogP) is 2.64. The smallest absolute Gasteiger partial charge is 0.395 e. The number of carbonyl (C=O) groups is 1. The first kappa shape index (κ1) is 19.3. The number of benzene rings is 1. The average molecular weight is 405 g/mol. The molecule has 3 heterocycles. The van der Waals surface area contributed by atoms with E-state index in [0.717, 1.165) is 31.7 Å². The predicted molar refractivity (Wildman–Crippen MR) is 101 cm³/mol. The van der Waals surface area contributed by atoms with Crippen LogP contribution < -0.4 is 19.7 Å². The van der Waals surface area contributed by atoms with Crippen molar-refractivity contribution in [2.75, 3.05) is 36.4 Å². The van der Waals surface area contributed by atoms with Crippen LogP contribution in [0.5, 0.6) is 11.5 Å². The fraction of sp³-hybridized carbons (Fsp3) is 0.421. The quantitative estimate of drug-likeness (QED) is 0.838. The summed E-state index contributed by atoms with van der Waals surface area (Å²) in [5, 5.41) is 2.64. The highest BCUT2D eigenvalue weighted by Crippen LogP contribution is 2.42. The van der Waals surface area contributed by atoms with Crippen molar-refractivity contribution in [2.45, 2.75) is 26.2 Å². The van der Waals surface area contributed by atoms with Crippen LogP contribution >= 0.6 is 0 Å². The van der Waals surface area contributed by atoms with Gasteiger partial charge >= 0.3 is 6.29 Å². The molecule has 0 aliphatic carbocycles. The van der Waals surface area contributed by atoms with Crippen molar-refractivity contribution < 1.29 is 23.0 Å². The highest BCUT2D eigenvalue weighted by atomic mass is 19.3. The Hall–Kier alpha value is -3.01. The molecule has 1 fully saturated rings. The molecule has 2 aromatic rings. The molecule has 1 unspecified atom stereocenters. The van der Waals surface area contributed by atoms with Gasteiger partial charge in [-0.15, -0.1) is 8.78 Å². The van der Waals surface area contributed by atoms with Crippen LogP contribution in [0.25, 0.3) is 0 Å². The van der Waals surface area contributed by atoms with E-state index >= 15 is 0 Å². The molecule has 1 N–H and O–H groups in total. The Bertz CT molecular complexity index is 901. The largest absolute Gasteiger partial charge is 0.586 e. The Morgan fingerprint density at radius 2 is 1.79 bits per heavy atom. The van der Waals surface area contributed by atoms with Gasteiger partial charge in [0.15, 0.2) is 11.5 Å². The molecular weight excluding hydrogens is 384 g/mol. The number of halogens is 2. The third-order valence-electron chi connectivity index (χ3n) is 5.01. The summed E-state index contributed by atoms with van der Waals surface area (Å²) < 4.78 is 35.5. The monoisotopic (exact) mass is 405 g/mol. The Labute approximate surface area is 166 Å². The van der Waals surface area contributed by atoms with Crippen LogP contribution in [0.1, 0.15) is 25.5 Å². The van der Waals surface area contributed by atoms with E-state index in [1.807, 2.05) is 6.92 Å². The SMILES string of the molecule is CC(=O)Nc1cnc(N2CCN(C(C)c3ccc4c(c3)OC(F)(F)O4)CC2)nc1. The van der Waals surface area contributed by atoms with Gasteiger partial charge in [-0.05, 0) is 24.6 Å². The lowest BCUT2D eigenvalue weighted by atomic mass is 10.1. The van der Waals surface area contributed by atoms with Crippen LogP contribution in [0.15, 0.2) is 30.6 Å². The van der Waals surface area contributed by atoms with E-state index < -0.39 is 6.29 Å². The normalized spacial score (nSPS) is 19.1. The first-order chi connectivity index (χ1) is 13.8. The number of ether oxygens (including phenoxy) is 2. The molecule has 29 heavy (non-hydrogen) atoms. The van der Waals surface area contributed by atoms with Gasteiger partial charge < -0.3 is 19.7 Å². The van der Waals surface area contributed by atoms with E-state index in [1.54, 1.807) is 24.5 Å². The number of nitrogens with zero attached hydrogens (tertiary/aromatic N) is 4. The molecule has 1 saturated heterocycles. The van der Waals surface area contributed by atoms with E-state index in [1.165, 1.54) is 13.0 Å². The molecule has 2 aliphatic rings. The fourth-order valence-corrected chi connectivity index (χ4v) is 3.50. The lowest BCUT2D eigenvalue weighted by Gasteiger charge is -2.38. The fourth-order valence-electron chi connectivity index (χ4n) is 3.50. The van der Waals surface area contributed by atoms with Gasteiger partial charge in [0, 0.05) is 39.1 Å². The third-order valence-corrected chi connectivity index (χ3v) is 5.01. The number of hydrogen-bond acceptors (Lipinski definition) is 7. The number of fused-ring (bicyclic) bond motifs is 1. The van der Waals surface area contributed by atoms with E-state index in [-0.39, 0.29) is 23.4 Å². The maximum absolute atomic E-state index is 13.2. The number of anilines is 2. The van der Waals surface area contributed by atoms with Gasteiger partial charge in [-0.3, -0.25) is 9.69 Å². The molecule has 1 aromatic heterocycles. The summed E-state index contributed by atoms with van der Waals surface area (Å²) in [4.78, 5) is 24.0. The first-order valence-electron chi connectivity index (χ1n) is 9.29. The highest BCUT2D eigenvalue weighted by molar-refractivity contribution is 5.88. The molecule has 1 amide bonds. The summed E-state index contributed by atoms with van der Waals surface area (Å²) in [6, 6.07) is 4.94. The second-order valence-corrected chi connectivity index (χ2v) is 7.03. The van der Waals surface area contributed by atoms with Gasteiger partial charge in [-0.2, -0.15) is 0 Å². The van der Waals surface area contributed by atoms with Crippen molar-refractivity contribution in [3.05, 3.63) is 36.2 Å². The molecule has 1 aromatic carbocycles. The second-order valence-electron chi connectivity index (χ2n) is 7.03. The minimum atomic E-state index is -3.61. The number of nitrogens with one attached hydrogen (secondary N) is 1. The Morgan fingerprint density at radius 1 is 1.14 bits per heavy atom. The standard InChI is InChI=1S/C19H21F2N5O3/c1-12(14-3-4-16-17(9-14)29-19(20,21)28-16)25-5-7-26(8-6-25)18-22-10-15(11-23-18)24-13(2)27/h3-4,9-12H,5-8H2,1-2H3,(H,24,27). The van der Waals surface area contributed by atoms with Crippen molar-refractivity contribution >= 4 is 17.5 Å². The number of piperazine rings is 1. The van der Waals surface area contributed by atoms with E-state index in [2.05, 4.69) is 34.6 Å². The van der Waals surface area contributed by atoms with Gasteiger partial charge in [0.2, 0.25) is 11.9 Å². The maximum atomic E-state index is 13.2. The van der Waals surface area contributed by atoms with Gasteiger partial charge in [-0.25, -0.2) is 9.97 Å². The van der Waals surface area contributed by atoms with Crippen LogP contribution in [0, 0.1) is 0 Å². The zero-order chi connectivity index (χ0) is 20.6. The molecule has 8 nitrogen and oxygen atoms in total. The summed E-state index contributed by atoms with van der Waals surface area (Å²) in [6.45, 7) is 6.45. The second kappa shape index (κ2) is 7.43. The van der Waals surface area contributed by atoms with Crippen LogP contribution in [-0.2, 0) is 4.79 Å². The number of carbonyl (C=O) groups excluding carboxylic acids is 1. The van der Waals surface area contributed by atoms with Gasteiger partial charge in [0.1, 0.15) is 0 Å². The molecule has 0 radical (unpaired) electrons. The van der Waals surface area contributed by atoms with Crippen LogP contribution in [0.3, 0.4) is 0 Å². The van der Waals surface area contributed by atoms with Crippen molar-refractivity contribution in [1.82, 2.24) is 14.9 Å². The topological polar surface area (TPSA) is 79.8 Å². The van der Waals surface area contributed by atoms with Crippen molar-refractivity contribution in [1.29, 1.82) is 0 Å². The minimum Gasteiger partial charge on any atom is -0.395 e. The summed E-state index contributed by atoms with van der Waals surface area (Å²) in [6.07, 6.45) is -0.437. The minimum absolute atomic E-state index is 0.0309. The van der Waals surface area contributed by atoms with Crippen LogP contribution in [-0.4, -0.2) is 53.2 Å². The summed E-state index contributed by atoms with van der Waals surface area (Å²) in [5.74, 6) is 0.550. The molecule has 0 bridgehead atoms. The maximum Gasteiger partial charge on any atom is 0.586 e. The van der Waals surface area contributed by atoms with Crippen molar-refractivity contribution in [3.63, 3.8) is 0 Å². The zero-order valence-corrected chi connectivity index (χ0v) is 16.1. The molecule has 10 heteroatoms. The number of hydrogen-bond donors (Lipinski definition) is 1. The zero-order valence-electron chi connectivity index (χ0n) is 16.1. The number of aromatic nitrogens is 2. The highest BCUT2D eigenvalue weighted by Gasteiger charge is 2.43. The molecule has 4 rings (SSSR count). The lowest BCUT2D eigenvalue weighted by molar-refractivity contribution is -0.286.